The average Bonchev–Trinajstić information content (AvgIpc) is 2.26. The van der Waals surface area contributed by atoms with Crippen molar-refractivity contribution in [3.63, 3.8) is 0 Å². The van der Waals surface area contributed by atoms with Crippen molar-refractivity contribution in [3.05, 3.63) is 28.2 Å². The van der Waals surface area contributed by atoms with Gasteiger partial charge in [0.15, 0.2) is 0 Å². The number of rotatable bonds is 4. The fourth-order valence-electron chi connectivity index (χ4n) is 1.14. The van der Waals surface area contributed by atoms with Crippen LogP contribution in [-0.4, -0.2) is 17.8 Å². The highest BCUT2D eigenvalue weighted by atomic mass is 79.9. The summed E-state index contributed by atoms with van der Waals surface area (Å²) >= 11 is 3.30. The Hall–Kier alpha value is -1.05. The number of nitrogens with zero attached hydrogens (tertiary/aromatic N) is 1. The van der Waals surface area contributed by atoms with Gasteiger partial charge in [-0.25, -0.2) is 0 Å². The van der Waals surface area contributed by atoms with Gasteiger partial charge < -0.3 is 10.4 Å². The number of benzene rings is 1. The van der Waals surface area contributed by atoms with E-state index >= 15 is 0 Å². The molecule has 2 N–H and O–H groups in total. The summed E-state index contributed by atoms with van der Waals surface area (Å²) in [6, 6.07) is 7.54. The van der Waals surface area contributed by atoms with Crippen molar-refractivity contribution in [2.75, 3.05) is 11.9 Å². The molecule has 1 aromatic carbocycles. The molecule has 0 aliphatic carbocycles. The molecule has 0 saturated heterocycles. The first-order valence-corrected chi connectivity index (χ1v) is 5.58. The molecular weight excluding hydrogens is 256 g/mol. The van der Waals surface area contributed by atoms with Gasteiger partial charge in [-0.3, -0.25) is 0 Å². The van der Waals surface area contributed by atoms with E-state index < -0.39 is 0 Å². The zero-order valence-corrected chi connectivity index (χ0v) is 10.1. The largest absolute Gasteiger partial charge is 0.391 e. The van der Waals surface area contributed by atoms with E-state index in [-0.39, 0.29) is 6.10 Å². The summed E-state index contributed by atoms with van der Waals surface area (Å²) in [5.74, 6) is 0. The summed E-state index contributed by atoms with van der Waals surface area (Å²) in [5.41, 5.74) is 1.33. The second-order valence-corrected chi connectivity index (χ2v) is 4.16. The summed E-state index contributed by atoms with van der Waals surface area (Å²) in [6.07, 6.45) is 0.325. The van der Waals surface area contributed by atoms with Crippen LogP contribution >= 0.6 is 15.9 Å². The smallest absolute Gasteiger partial charge is 0.101 e. The van der Waals surface area contributed by atoms with Crippen LogP contribution in [0.1, 0.15) is 18.9 Å². The Morgan fingerprint density at radius 1 is 1.60 bits per heavy atom. The van der Waals surface area contributed by atoms with Crippen LogP contribution in [0.15, 0.2) is 22.7 Å². The van der Waals surface area contributed by atoms with Crippen molar-refractivity contribution in [1.82, 2.24) is 0 Å². The van der Waals surface area contributed by atoms with Gasteiger partial charge in [-0.15, -0.1) is 0 Å². The SMILES string of the molecule is CCC(O)CNc1ccc(Br)cc1C#N. The van der Waals surface area contributed by atoms with E-state index in [0.717, 1.165) is 10.2 Å². The Morgan fingerprint density at radius 2 is 2.33 bits per heavy atom. The van der Waals surface area contributed by atoms with E-state index in [2.05, 4.69) is 27.3 Å². The zero-order chi connectivity index (χ0) is 11.3. The number of anilines is 1. The summed E-state index contributed by atoms with van der Waals surface area (Å²) in [4.78, 5) is 0. The number of aliphatic hydroxyl groups is 1. The molecule has 1 unspecified atom stereocenters. The number of halogens is 1. The number of aliphatic hydroxyl groups excluding tert-OH is 1. The Balaban J connectivity index is 2.73. The maximum atomic E-state index is 9.38. The maximum absolute atomic E-state index is 9.38. The fourth-order valence-corrected chi connectivity index (χ4v) is 1.50. The standard InChI is InChI=1S/C11H13BrN2O/c1-2-10(15)7-14-11-4-3-9(12)5-8(11)6-13/h3-5,10,14-15H,2,7H2,1H3. The van der Waals surface area contributed by atoms with E-state index in [4.69, 9.17) is 5.26 Å². The van der Waals surface area contributed by atoms with E-state index in [1.54, 1.807) is 6.07 Å². The molecule has 80 valence electrons. The topological polar surface area (TPSA) is 56.0 Å². The molecule has 1 aromatic rings. The Labute approximate surface area is 97.9 Å². The summed E-state index contributed by atoms with van der Waals surface area (Å²) in [5, 5.41) is 21.3. The van der Waals surface area contributed by atoms with Crippen LogP contribution in [0.2, 0.25) is 0 Å². The first-order chi connectivity index (χ1) is 7.17. The molecule has 3 nitrogen and oxygen atoms in total. The number of hydrogen-bond donors (Lipinski definition) is 2. The monoisotopic (exact) mass is 268 g/mol. The summed E-state index contributed by atoms with van der Waals surface area (Å²) in [6.45, 7) is 2.38. The molecule has 1 atom stereocenters. The van der Waals surface area contributed by atoms with Crippen molar-refractivity contribution >= 4 is 21.6 Å². The highest BCUT2D eigenvalue weighted by Crippen LogP contribution is 2.20. The van der Waals surface area contributed by atoms with Crippen molar-refractivity contribution in [1.29, 1.82) is 5.26 Å². The van der Waals surface area contributed by atoms with Crippen LogP contribution in [0.4, 0.5) is 5.69 Å². The quantitative estimate of drug-likeness (QED) is 0.883. The predicted octanol–water partition coefficient (Wildman–Crippen LogP) is 2.50. The lowest BCUT2D eigenvalue weighted by Gasteiger charge is -2.11. The minimum atomic E-state index is -0.375. The van der Waals surface area contributed by atoms with Crippen molar-refractivity contribution in [3.8, 4) is 6.07 Å². The first kappa shape index (κ1) is 12.0. The van der Waals surface area contributed by atoms with Crippen molar-refractivity contribution in [2.45, 2.75) is 19.4 Å². The Morgan fingerprint density at radius 3 is 2.93 bits per heavy atom. The van der Waals surface area contributed by atoms with Gasteiger partial charge in [0.1, 0.15) is 6.07 Å². The van der Waals surface area contributed by atoms with Crippen LogP contribution in [-0.2, 0) is 0 Å². The molecule has 0 bridgehead atoms. The minimum Gasteiger partial charge on any atom is -0.391 e. The number of hydrogen-bond acceptors (Lipinski definition) is 3. The molecule has 0 aliphatic rings. The van der Waals surface area contributed by atoms with Crippen LogP contribution in [0.25, 0.3) is 0 Å². The molecule has 4 heteroatoms. The molecule has 15 heavy (non-hydrogen) atoms. The molecule has 0 aliphatic heterocycles. The second-order valence-electron chi connectivity index (χ2n) is 3.24. The molecule has 0 radical (unpaired) electrons. The van der Waals surface area contributed by atoms with Gasteiger partial charge in [-0.1, -0.05) is 22.9 Å². The summed E-state index contributed by atoms with van der Waals surface area (Å²) < 4.78 is 0.876. The Kier molecular flexibility index (Phi) is 4.60. The predicted molar refractivity (Wildman–Crippen MR) is 63.6 cm³/mol. The van der Waals surface area contributed by atoms with E-state index in [1.165, 1.54) is 0 Å². The van der Waals surface area contributed by atoms with Gasteiger partial charge in [0, 0.05) is 11.0 Å². The second kappa shape index (κ2) is 5.74. The maximum Gasteiger partial charge on any atom is 0.101 e. The van der Waals surface area contributed by atoms with Gasteiger partial charge in [0.05, 0.1) is 17.4 Å². The normalized spacial score (nSPS) is 11.9. The highest BCUT2D eigenvalue weighted by molar-refractivity contribution is 9.10. The van der Waals surface area contributed by atoms with Crippen LogP contribution in [0, 0.1) is 11.3 Å². The summed E-state index contributed by atoms with van der Waals surface area (Å²) in [7, 11) is 0. The molecule has 0 spiro atoms. The number of nitrogens with one attached hydrogen (secondary N) is 1. The molecule has 0 fully saturated rings. The third kappa shape index (κ3) is 3.54. The van der Waals surface area contributed by atoms with Crippen LogP contribution in [0.5, 0.6) is 0 Å². The van der Waals surface area contributed by atoms with Gasteiger partial charge in [-0.2, -0.15) is 5.26 Å². The Bertz CT molecular complexity index is 373. The van der Waals surface area contributed by atoms with Crippen molar-refractivity contribution < 1.29 is 5.11 Å². The molecule has 0 heterocycles. The molecule has 0 amide bonds. The lowest BCUT2D eigenvalue weighted by atomic mass is 10.2. The number of nitriles is 1. The minimum absolute atomic E-state index is 0.375. The van der Waals surface area contributed by atoms with Gasteiger partial charge >= 0.3 is 0 Å². The van der Waals surface area contributed by atoms with Gasteiger partial charge in [-0.05, 0) is 24.6 Å². The lowest BCUT2D eigenvalue weighted by Crippen LogP contribution is -2.18. The highest BCUT2D eigenvalue weighted by Gasteiger charge is 2.04. The molecule has 0 saturated carbocycles. The lowest BCUT2D eigenvalue weighted by molar-refractivity contribution is 0.183. The zero-order valence-electron chi connectivity index (χ0n) is 8.50. The fraction of sp³-hybridized carbons (Fsp3) is 0.364. The first-order valence-electron chi connectivity index (χ1n) is 4.79. The van der Waals surface area contributed by atoms with E-state index in [0.29, 0.717) is 18.5 Å². The average molecular weight is 269 g/mol. The van der Waals surface area contributed by atoms with Gasteiger partial charge in [0.25, 0.3) is 0 Å². The molecular formula is C11H13BrN2O. The van der Waals surface area contributed by atoms with E-state index in [1.807, 2.05) is 19.1 Å². The molecule has 0 aromatic heterocycles. The third-order valence-corrected chi connectivity index (χ3v) is 2.59. The van der Waals surface area contributed by atoms with Crippen molar-refractivity contribution in [2.24, 2.45) is 0 Å². The van der Waals surface area contributed by atoms with Gasteiger partial charge in [0.2, 0.25) is 0 Å². The van der Waals surface area contributed by atoms with Crippen LogP contribution < -0.4 is 5.32 Å². The molecule has 1 rings (SSSR count). The van der Waals surface area contributed by atoms with Crippen LogP contribution in [0.3, 0.4) is 0 Å². The van der Waals surface area contributed by atoms with E-state index in [9.17, 15) is 5.11 Å². The third-order valence-electron chi connectivity index (χ3n) is 2.10.